The Morgan fingerprint density at radius 1 is 1.27 bits per heavy atom. The summed E-state index contributed by atoms with van der Waals surface area (Å²) in [5, 5.41) is 22.9. The summed E-state index contributed by atoms with van der Waals surface area (Å²) in [5.74, 6) is 2.30. The average molecular weight is 357 g/mol. The van der Waals surface area contributed by atoms with Crippen LogP contribution in [0, 0.1) is 5.92 Å². The molecule has 2 saturated carbocycles. The van der Waals surface area contributed by atoms with Gasteiger partial charge in [-0.25, -0.2) is 0 Å². The predicted octanol–water partition coefficient (Wildman–Crippen LogP) is 1.62. The summed E-state index contributed by atoms with van der Waals surface area (Å²) >= 11 is 0. The molecule has 0 amide bonds. The van der Waals surface area contributed by atoms with Crippen LogP contribution in [0.15, 0.2) is 12.1 Å². The Hall–Kier alpha value is -1.30. The highest BCUT2D eigenvalue weighted by Crippen LogP contribution is 2.65. The average Bonchev–Trinajstić information content (AvgIpc) is 3.37. The smallest absolute Gasteiger partial charge is 0.166 e. The molecule has 6 rings (SSSR count). The fourth-order valence-corrected chi connectivity index (χ4v) is 6.61. The van der Waals surface area contributed by atoms with Crippen molar-refractivity contribution < 1.29 is 19.7 Å². The molecule has 3 aliphatic carbocycles. The maximum Gasteiger partial charge on any atom is 0.166 e. The molecule has 140 valence electrons. The number of likely N-dealkylation sites (tertiary alicyclic amines) is 1. The largest absolute Gasteiger partial charge is 0.493 e. The van der Waals surface area contributed by atoms with E-state index in [1.807, 2.05) is 6.07 Å². The molecule has 1 unspecified atom stereocenters. The number of aliphatic hydroxyl groups is 2. The Kier molecular flexibility index (Phi) is 2.99. The minimum absolute atomic E-state index is 0.127. The van der Waals surface area contributed by atoms with Crippen LogP contribution in [0.25, 0.3) is 0 Å². The zero-order chi connectivity index (χ0) is 17.7. The molecule has 3 fully saturated rings. The first-order valence-corrected chi connectivity index (χ1v) is 10.1. The van der Waals surface area contributed by atoms with Crippen LogP contribution in [-0.4, -0.2) is 59.2 Å². The van der Waals surface area contributed by atoms with Gasteiger partial charge in [-0.05, 0) is 62.6 Å². The van der Waals surface area contributed by atoms with Crippen LogP contribution in [0.3, 0.4) is 0 Å². The van der Waals surface area contributed by atoms with E-state index in [4.69, 9.17) is 9.47 Å². The number of ether oxygens (including phenoxy) is 2. The number of piperidine rings is 1. The molecule has 1 saturated heterocycles. The van der Waals surface area contributed by atoms with E-state index < -0.39 is 17.1 Å². The molecule has 5 atom stereocenters. The summed E-state index contributed by atoms with van der Waals surface area (Å²) in [6, 6.07) is 4.27. The lowest BCUT2D eigenvalue weighted by molar-refractivity contribution is -0.208. The SMILES string of the molecule is COc1ccc2c3c1O[C@H]1C(O)CC[C@@]4(O)[C@@H](C2)N(CC2CC2)CC[C@]314. The van der Waals surface area contributed by atoms with Gasteiger partial charge in [0.05, 0.1) is 24.2 Å². The van der Waals surface area contributed by atoms with Crippen molar-refractivity contribution in [2.24, 2.45) is 5.92 Å². The predicted molar refractivity (Wildman–Crippen MR) is 95.7 cm³/mol. The molecule has 5 nitrogen and oxygen atoms in total. The van der Waals surface area contributed by atoms with Crippen molar-refractivity contribution in [3.8, 4) is 11.5 Å². The summed E-state index contributed by atoms with van der Waals surface area (Å²) in [4.78, 5) is 2.54. The Morgan fingerprint density at radius 3 is 2.88 bits per heavy atom. The third-order valence-electron chi connectivity index (χ3n) is 7.94. The maximum atomic E-state index is 12.1. The third kappa shape index (κ3) is 1.68. The van der Waals surface area contributed by atoms with E-state index >= 15 is 0 Å². The van der Waals surface area contributed by atoms with Crippen molar-refractivity contribution >= 4 is 0 Å². The molecule has 1 spiro atoms. The van der Waals surface area contributed by atoms with Gasteiger partial charge < -0.3 is 19.7 Å². The number of rotatable bonds is 3. The number of benzene rings is 1. The zero-order valence-electron chi connectivity index (χ0n) is 15.3. The van der Waals surface area contributed by atoms with Crippen LogP contribution < -0.4 is 9.47 Å². The normalized spacial score (nSPS) is 43.0. The van der Waals surface area contributed by atoms with Gasteiger partial charge in [-0.2, -0.15) is 0 Å². The second kappa shape index (κ2) is 4.94. The first kappa shape index (κ1) is 15.7. The molecule has 0 radical (unpaired) electrons. The molecule has 1 aromatic rings. The number of methoxy groups -OCH3 is 1. The topological polar surface area (TPSA) is 62.2 Å². The molecule has 5 heteroatoms. The van der Waals surface area contributed by atoms with Gasteiger partial charge in [0.25, 0.3) is 0 Å². The van der Waals surface area contributed by atoms with Crippen LogP contribution in [0.2, 0.25) is 0 Å². The molecule has 26 heavy (non-hydrogen) atoms. The van der Waals surface area contributed by atoms with Gasteiger partial charge >= 0.3 is 0 Å². The van der Waals surface area contributed by atoms with E-state index in [1.54, 1.807) is 7.11 Å². The van der Waals surface area contributed by atoms with E-state index in [2.05, 4.69) is 11.0 Å². The lowest BCUT2D eigenvalue weighted by atomic mass is 9.48. The fraction of sp³-hybridized carbons (Fsp3) is 0.714. The van der Waals surface area contributed by atoms with E-state index in [0.29, 0.717) is 12.8 Å². The Labute approximate surface area is 153 Å². The molecule has 2 N–H and O–H groups in total. The molecule has 2 aliphatic heterocycles. The van der Waals surface area contributed by atoms with Gasteiger partial charge in [0, 0.05) is 18.2 Å². The second-order valence-electron chi connectivity index (χ2n) is 9.08. The Bertz CT molecular complexity index is 778. The third-order valence-corrected chi connectivity index (χ3v) is 7.94. The van der Waals surface area contributed by atoms with Gasteiger partial charge in [0.15, 0.2) is 11.5 Å². The zero-order valence-corrected chi connectivity index (χ0v) is 15.3. The van der Waals surface area contributed by atoms with Gasteiger partial charge in [0.2, 0.25) is 0 Å². The van der Waals surface area contributed by atoms with E-state index in [9.17, 15) is 10.2 Å². The summed E-state index contributed by atoms with van der Waals surface area (Å²) in [6.07, 6.45) is 4.72. The highest BCUT2D eigenvalue weighted by Gasteiger charge is 2.72. The van der Waals surface area contributed by atoms with E-state index in [-0.39, 0.29) is 12.1 Å². The minimum atomic E-state index is -0.825. The van der Waals surface area contributed by atoms with Crippen molar-refractivity contribution in [3.05, 3.63) is 23.3 Å². The van der Waals surface area contributed by atoms with Gasteiger partial charge in [-0.1, -0.05) is 6.07 Å². The highest BCUT2D eigenvalue weighted by molar-refractivity contribution is 5.62. The van der Waals surface area contributed by atoms with Gasteiger partial charge in [0.1, 0.15) is 6.10 Å². The second-order valence-corrected chi connectivity index (χ2v) is 9.08. The van der Waals surface area contributed by atoms with Crippen molar-refractivity contribution in [2.45, 2.75) is 67.8 Å². The van der Waals surface area contributed by atoms with Crippen LogP contribution in [0.5, 0.6) is 11.5 Å². The number of hydrogen-bond acceptors (Lipinski definition) is 5. The number of nitrogens with zero attached hydrogens (tertiary/aromatic N) is 1. The molecule has 0 aromatic heterocycles. The monoisotopic (exact) mass is 357 g/mol. The van der Waals surface area contributed by atoms with Crippen LogP contribution in [0.4, 0.5) is 0 Å². The lowest BCUT2D eigenvalue weighted by Crippen LogP contribution is -2.77. The summed E-state index contributed by atoms with van der Waals surface area (Å²) < 4.78 is 11.9. The maximum absolute atomic E-state index is 12.1. The van der Waals surface area contributed by atoms with Crippen molar-refractivity contribution in [3.63, 3.8) is 0 Å². The van der Waals surface area contributed by atoms with E-state index in [1.165, 1.54) is 18.4 Å². The van der Waals surface area contributed by atoms with Crippen LogP contribution in [0.1, 0.15) is 43.2 Å². The summed E-state index contributed by atoms with van der Waals surface area (Å²) in [7, 11) is 1.66. The minimum Gasteiger partial charge on any atom is -0.493 e. The van der Waals surface area contributed by atoms with Gasteiger partial charge in [-0.3, -0.25) is 4.90 Å². The van der Waals surface area contributed by atoms with Crippen LogP contribution in [-0.2, 0) is 11.8 Å². The molecule has 5 aliphatic rings. The number of aliphatic hydroxyl groups excluding tert-OH is 1. The highest BCUT2D eigenvalue weighted by atomic mass is 16.5. The fourth-order valence-electron chi connectivity index (χ4n) is 6.61. The lowest BCUT2D eigenvalue weighted by Gasteiger charge is -2.63. The molecular formula is C21H27NO4. The molecule has 2 heterocycles. The van der Waals surface area contributed by atoms with Crippen molar-refractivity contribution in [2.75, 3.05) is 20.2 Å². The first-order valence-electron chi connectivity index (χ1n) is 10.1. The summed E-state index contributed by atoms with van der Waals surface area (Å²) in [5.41, 5.74) is 1.08. The quantitative estimate of drug-likeness (QED) is 0.861. The van der Waals surface area contributed by atoms with Gasteiger partial charge in [-0.15, -0.1) is 0 Å². The van der Waals surface area contributed by atoms with Crippen molar-refractivity contribution in [1.82, 2.24) is 4.90 Å². The molecular weight excluding hydrogens is 330 g/mol. The van der Waals surface area contributed by atoms with E-state index in [0.717, 1.165) is 48.9 Å². The van der Waals surface area contributed by atoms with Crippen LogP contribution >= 0.6 is 0 Å². The standard InChI is InChI=1S/C21H27NO4/c1-25-15-5-4-13-10-16-21(24)7-6-14(23)19-20(21,17(13)18(15)26-19)8-9-22(16)11-12-2-3-12/h4-5,12,14,16,19,23-24H,2-3,6-11H2,1H3/t14?,16-,19+,20+,21-/m1/s1. The first-order chi connectivity index (χ1) is 12.6. The molecule has 2 bridgehead atoms. The Morgan fingerprint density at radius 2 is 2.12 bits per heavy atom. The van der Waals surface area contributed by atoms with Crippen molar-refractivity contribution in [1.29, 1.82) is 0 Å². The molecule has 1 aromatic carbocycles. The Balaban J connectivity index is 1.56. The number of hydrogen-bond donors (Lipinski definition) is 2. The summed E-state index contributed by atoms with van der Waals surface area (Å²) in [6.45, 7) is 2.08.